The number of rotatable bonds is 4. The van der Waals surface area contributed by atoms with Crippen LogP contribution in [0, 0.1) is 11.8 Å². The average Bonchev–Trinajstić information content (AvgIpc) is 3.23. The van der Waals surface area contributed by atoms with Crippen LogP contribution in [-0.2, 0) is 14.4 Å². The van der Waals surface area contributed by atoms with E-state index >= 15 is 0 Å². The Labute approximate surface area is 143 Å². The van der Waals surface area contributed by atoms with Crippen molar-refractivity contribution in [3.05, 3.63) is 0 Å². The van der Waals surface area contributed by atoms with Crippen molar-refractivity contribution in [3.8, 4) is 0 Å². The summed E-state index contributed by atoms with van der Waals surface area (Å²) in [7, 11) is 0. The molecular weight excluding hydrogens is 306 g/mol. The molecule has 2 amide bonds. The second-order valence-electron chi connectivity index (χ2n) is 7.98. The molecule has 6 nitrogen and oxygen atoms in total. The fourth-order valence-corrected chi connectivity index (χ4v) is 4.59. The van der Waals surface area contributed by atoms with E-state index in [1.54, 1.807) is 9.80 Å². The largest absolute Gasteiger partial charge is 0.329 e. The summed E-state index contributed by atoms with van der Waals surface area (Å²) < 4.78 is 0. The van der Waals surface area contributed by atoms with Crippen LogP contribution in [0.2, 0.25) is 0 Å². The summed E-state index contributed by atoms with van der Waals surface area (Å²) in [6.45, 7) is 4.75. The second kappa shape index (κ2) is 6.82. The zero-order chi connectivity index (χ0) is 17.4. The van der Waals surface area contributed by atoms with E-state index in [4.69, 9.17) is 5.73 Å². The summed E-state index contributed by atoms with van der Waals surface area (Å²) in [5.74, 6) is 0.384. The van der Waals surface area contributed by atoms with Gasteiger partial charge in [-0.25, -0.2) is 0 Å². The third-order valence-corrected chi connectivity index (χ3v) is 5.74. The van der Waals surface area contributed by atoms with E-state index in [2.05, 4.69) is 0 Å². The van der Waals surface area contributed by atoms with Crippen molar-refractivity contribution in [1.29, 1.82) is 0 Å². The molecule has 2 N–H and O–H groups in total. The van der Waals surface area contributed by atoms with E-state index in [9.17, 15) is 14.4 Å². The molecule has 3 unspecified atom stereocenters. The monoisotopic (exact) mass is 335 g/mol. The van der Waals surface area contributed by atoms with Crippen molar-refractivity contribution in [2.24, 2.45) is 17.6 Å². The molecule has 1 saturated carbocycles. The standard InChI is InChI=1S/C18H29N3O3/c1-11(2)9-13(19)18(24)20-8-7-14-16(20)15(22)10-21(14)17(23)12-5-3-4-6-12/h11-14,16H,3-10,19H2,1-2H3. The molecule has 3 aliphatic rings. The molecule has 1 aliphatic carbocycles. The lowest BCUT2D eigenvalue weighted by atomic mass is 10.0. The van der Waals surface area contributed by atoms with Gasteiger partial charge in [0, 0.05) is 12.5 Å². The highest BCUT2D eigenvalue weighted by molar-refractivity contribution is 5.98. The summed E-state index contributed by atoms with van der Waals surface area (Å²) >= 11 is 0. The number of amides is 2. The molecule has 0 aromatic heterocycles. The molecule has 3 rings (SSSR count). The number of hydrogen-bond donors (Lipinski definition) is 1. The third-order valence-electron chi connectivity index (χ3n) is 5.74. The SMILES string of the molecule is CC(C)CC(N)C(=O)N1CCC2C1C(=O)CN2C(=O)C1CCCC1. The van der Waals surface area contributed by atoms with Gasteiger partial charge < -0.3 is 15.5 Å². The van der Waals surface area contributed by atoms with Gasteiger partial charge in [0.05, 0.1) is 18.6 Å². The maximum absolute atomic E-state index is 12.7. The topological polar surface area (TPSA) is 83.7 Å². The van der Waals surface area contributed by atoms with Crippen LogP contribution in [0.25, 0.3) is 0 Å². The number of carbonyl (C=O) groups excluding carboxylic acids is 3. The first-order valence-corrected chi connectivity index (χ1v) is 9.29. The highest BCUT2D eigenvalue weighted by atomic mass is 16.2. The number of carbonyl (C=O) groups is 3. The fraction of sp³-hybridized carbons (Fsp3) is 0.833. The van der Waals surface area contributed by atoms with Crippen molar-refractivity contribution >= 4 is 17.6 Å². The summed E-state index contributed by atoms with van der Waals surface area (Å²) in [4.78, 5) is 41.3. The predicted octanol–water partition coefficient (Wildman–Crippen LogP) is 0.931. The van der Waals surface area contributed by atoms with Gasteiger partial charge >= 0.3 is 0 Å². The Kier molecular flexibility index (Phi) is 4.95. The predicted molar refractivity (Wildman–Crippen MR) is 90.0 cm³/mol. The normalized spacial score (nSPS) is 28.8. The van der Waals surface area contributed by atoms with Gasteiger partial charge in [0.15, 0.2) is 5.78 Å². The van der Waals surface area contributed by atoms with Crippen molar-refractivity contribution in [1.82, 2.24) is 9.80 Å². The molecule has 3 fully saturated rings. The molecule has 0 radical (unpaired) electrons. The molecule has 6 heteroatoms. The highest BCUT2D eigenvalue weighted by Gasteiger charge is 2.52. The highest BCUT2D eigenvalue weighted by Crippen LogP contribution is 2.34. The van der Waals surface area contributed by atoms with Gasteiger partial charge in [-0.15, -0.1) is 0 Å². The smallest absolute Gasteiger partial charge is 0.240 e. The van der Waals surface area contributed by atoms with Gasteiger partial charge in [-0.1, -0.05) is 26.7 Å². The Balaban J connectivity index is 1.70. The van der Waals surface area contributed by atoms with Crippen LogP contribution in [0.5, 0.6) is 0 Å². The zero-order valence-corrected chi connectivity index (χ0v) is 14.7. The first kappa shape index (κ1) is 17.4. The molecular formula is C18H29N3O3. The molecule has 0 aromatic carbocycles. The van der Waals surface area contributed by atoms with Crippen LogP contribution >= 0.6 is 0 Å². The molecule has 24 heavy (non-hydrogen) atoms. The van der Waals surface area contributed by atoms with Crippen LogP contribution in [0.15, 0.2) is 0 Å². The Morgan fingerprint density at radius 2 is 1.83 bits per heavy atom. The van der Waals surface area contributed by atoms with Gasteiger partial charge in [-0.05, 0) is 31.6 Å². The number of nitrogens with zero attached hydrogens (tertiary/aromatic N) is 2. The van der Waals surface area contributed by atoms with Crippen LogP contribution in [0.4, 0.5) is 0 Å². The minimum absolute atomic E-state index is 0.00561. The van der Waals surface area contributed by atoms with Crippen LogP contribution in [-0.4, -0.2) is 58.6 Å². The molecule has 2 heterocycles. The number of fused-ring (bicyclic) bond motifs is 1. The van der Waals surface area contributed by atoms with E-state index in [1.807, 2.05) is 13.8 Å². The molecule has 0 spiro atoms. The van der Waals surface area contributed by atoms with E-state index in [-0.39, 0.29) is 36.1 Å². The quantitative estimate of drug-likeness (QED) is 0.828. The summed E-state index contributed by atoms with van der Waals surface area (Å²) in [6, 6.07) is -1.17. The summed E-state index contributed by atoms with van der Waals surface area (Å²) in [5.41, 5.74) is 6.04. The molecule has 134 valence electrons. The van der Waals surface area contributed by atoms with E-state index in [0.29, 0.717) is 25.3 Å². The lowest BCUT2D eigenvalue weighted by Gasteiger charge is -2.27. The van der Waals surface area contributed by atoms with E-state index in [1.165, 1.54) is 0 Å². The molecule has 2 saturated heterocycles. The third kappa shape index (κ3) is 3.08. The van der Waals surface area contributed by atoms with Crippen LogP contribution in [0.3, 0.4) is 0 Å². The first-order chi connectivity index (χ1) is 11.4. The van der Waals surface area contributed by atoms with E-state index in [0.717, 1.165) is 25.7 Å². The van der Waals surface area contributed by atoms with Gasteiger partial charge in [0.25, 0.3) is 0 Å². The minimum Gasteiger partial charge on any atom is -0.329 e. The molecule has 2 aliphatic heterocycles. The lowest BCUT2D eigenvalue weighted by molar-refractivity contribution is -0.137. The molecule has 0 bridgehead atoms. The van der Waals surface area contributed by atoms with Gasteiger partial charge in [0.1, 0.15) is 6.04 Å². The van der Waals surface area contributed by atoms with Gasteiger partial charge in [-0.3, -0.25) is 14.4 Å². The minimum atomic E-state index is -0.559. The van der Waals surface area contributed by atoms with Gasteiger partial charge in [0.2, 0.25) is 11.8 Å². The Morgan fingerprint density at radius 1 is 1.17 bits per heavy atom. The Hall–Kier alpha value is -1.43. The lowest BCUT2D eigenvalue weighted by Crippen LogP contribution is -2.50. The second-order valence-corrected chi connectivity index (χ2v) is 7.98. The van der Waals surface area contributed by atoms with Crippen molar-refractivity contribution in [2.45, 2.75) is 70.5 Å². The maximum Gasteiger partial charge on any atom is 0.240 e. The molecule has 3 atom stereocenters. The Bertz CT molecular complexity index is 528. The van der Waals surface area contributed by atoms with Crippen molar-refractivity contribution < 1.29 is 14.4 Å². The first-order valence-electron chi connectivity index (χ1n) is 9.29. The number of hydrogen-bond acceptors (Lipinski definition) is 4. The number of likely N-dealkylation sites (tertiary alicyclic amines) is 2. The zero-order valence-electron chi connectivity index (χ0n) is 14.7. The van der Waals surface area contributed by atoms with Crippen LogP contribution < -0.4 is 5.73 Å². The number of Topliss-reactive ketones (excluding diaryl/α,β-unsaturated/α-hetero) is 1. The molecule has 0 aromatic rings. The maximum atomic E-state index is 12.7. The summed E-state index contributed by atoms with van der Waals surface area (Å²) in [5, 5.41) is 0. The van der Waals surface area contributed by atoms with Gasteiger partial charge in [-0.2, -0.15) is 0 Å². The fourth-order valence-electron chi connectivity index (χ4n) is 4.59. The Morgan fingerprint density at radius 3 is 2.46 bits per heavy atom. The number of ketones is 1. The van der Waals surface area contributed by atoms with Crippen LogP contribution in [0.1, 0.15) is 52.4 Å². The van der Waals surface area contributed by atoms with E-state index < -0.39 is 12.1 Å². The average molecular weight is 335 g/mol. The summed E-state index contributed by atoms with van der Waals surface area (Å²) in [6.07, 6.45) is 5.37. The van der Waals surface area contributed by atoms with Crippen molar-refractivity contribution in [2.75, 3.05) is 13.1 Å². The van der Waals surface area contributed by atoms with Crippen molar-refractivity contribution in [3.63, 3.8) is 0 Å². The number of nitrogens with two attached hydrogens (primary N) is 1.